The lowest BCUT2D eigenvalue weighted by Crippen LogP contribution is -2.09. The maximum Gasteiger partial charge on any atom is 0.214 e. The molecule has 0 spiro atoms. The van der Waals surface area contributed by atoms with Crippen LogP contribution in [0.4, 0.5) is 0 Å². The van der Waals surface area contributed by atoms with Crippen molar-refractivity contribution in [1.29, 1.82) is 5.26 Å². The van der Waals surface area contributed by atoms with Crippen LogP contribution in [0.25, 0.3) is 0 Å². The zero-order valence-corrected chi connectivity index (χ0v) is 8.11. The average molecular weight is 186 g/mol. The molecule has 0 N–H and O–H groups in total. The van der Waals surface area contributed by atoms with Gasteiger partial charge in [-0.05, 0) is 19.9 Å². The van der Waals surface area contributed by atoms with Crippen LogP contribution in [0.2, 0.25) is 0 Å². The van der Waals surface area contributed by atoms with E-state index < -0.39 is 0 Å². The Balaban J connectivity index is 2.89. The molecule has 1 unspecified atom stereocenters. The fourth-order valence-electron chi connectivity index (χ4n) is 0.937. The van der Waals surface area contributed by atoms with Gasteiger partial charge in [0.2, 0.25) is 5.88 Å². The smallest absolute Gasteiger partial charge is 0.214 e. The van der Waals surface area contributed by atoms with E-state index >= 15 is 0 Å². The third-order valence-electron chi connectivity index (χ3n) is 1.71. The van der Waals surface area contributed by atoms with Crippen molar-refractivity contribution in [1.82, 2.24) is 4.98 Å². The van der Waals surface area contributed by atoms with E-state index in [9.17, 15) is 0 Å². The first-order chi connectivity index (χ1) is 6.67. The fraction of sp³-hybridized carbons (Fsp3) is 0.273. The molecular formula is C11H10N2O. The lowest BCUT2D eigenvalue weighted by Gasteiger charge is -2.08. The van der Waals surface area contributed by atoms with Crippen molar-refractivity contribution in [3.63, 3.8) is 0 Å². The standard InChI is InChI=1S/C11H10N2O/c1-4-8(2)14-11-6-5-10(7-12)9(3)13-11/h1,5-6,8H,2-3H3. The van der Waals surface area contributed by atoms with E-state index in [4.69, 9.17) is 16.4 Å². The molecule has 0 radical (unpaired) electrons. The molecule has 0 saturated heterocycles. The number of pyridine rings is 1. The van der Waals surface area contributed by atoms with Crippen LogP contribution in [-0.4, -0.2) is 11.1 Å². The number of aryl methyl sites for hydroxylation is 1. The zero-order valence-electron chi connectivity index (χ0n) is 8.11. The number of nitrogens with zero attached hydrogens (tertiary/aromatic N) is 2. The van der Waals surface area contributed by atoms with E-state index in [-0.39, 0.29) is 6.10 Å². The van der Waals surface area contributed by atoms with Crippen LogP contribution in [0.3, 0.4) is 0 Å². The zero-order chi connectivity index (χ0) is 10.6. The second-order valence-electron chi connectivity index (χ2n) is 2.82. The summed E-state index contributed by atoms with van der Waals surface area (Å²) >= 11 is 0. The van der Waals surface area contributed by atoms with Gasteiger partial charge in [-0.2, -0.15) is 5.26 Å². The first-order valence-electron chi connectivity index (χ1n) is 4.18. The van der Waals surface area contributed by atoms with Crippen molar-refractivity contribution in [2.45, 2.75) is 20.0 Å². The summed E-state index contributed by atoms with van der Waals surface area (Å²) in [6.07, 6.45) is 4.85. The minimum absolute atomic E-state index is 0.310. The predicted octanol–water partition coefficient (Wildman–Crippen LogP) is 1.66. The van der Waals surface area contributed by atoms with Gasteiger partial charge in [0.25, 0.3) is 0 Å². The van der Waals surface area contributed by atoms with Crippen LogP contribution in [0.15, 0.2) is 12.1 Å². The van der Waals surface area contributed by atoms with Gasteiger partial charge < -0.3 is 4.74 Å². The molecule has 3 heteroatoms. The molecular weight excluding hydrogens is 176 g/mol. The van der Waals surface area contributed by atoms with E-state index in [2.05, 4.69) is 10.9 Å². The van der Waals surface area contributed by atoms with Crippen molar-refractivity contribution in [2.24, 2.45) is 0 Å². The first-order valence-corrected chi connectivity index (χ1v) is 4.18. The van der Waals surface area contributed by atoms with E-state index in [0.29, 0.717) is 17.1 Å². The van der Waals surface area contributed by atoms with Gasteiger partial charge in [0.15, 0.2) is 6.10 Å². The van der Waals surface area contributed by atoms with Crippen molar-refractivity contribution >= 4 is 0 Å². The number of aromatic nitrogens is 1. The van der Waals surface area contributed by atoms with E-state index in [1.54, 1.807) is 26.0 Å². The summed E-state index contributed by atoms with van der Waals surface area (Å²) in [5.41, 5.74) is 1.19. The highest BCUT2D eigenvalue weighted by molar-refractivity contribution is 5.34. The molecule has 14 heavy (non-hydrogen) atoms. The Morgan fingerprint density at radius 2 is 2.29 bits per heavy atom. The summed E-state index contributed by atoms with van der Waals surface area (Å²) in [6.45, 7) is 3.52. The number of rotatable bonds is 2. The van der Waals surface area contributed by atoms with Crippen LogP contribution >= 0.6 is 0 Å². The maximum atomic E-state index is 8.67. The highest BCUT2D eigenvalue weighted by Gasteiger charge is 2.03. The summed E-state index contributed by atoms with van der Waals surface area (Å²) in [4.78, 5) is 4.09. The van der Waals surface area contributed by atoms with Crippen LogP contribution in [0.1, 0.15) is 18.2 Å². The molecule has 0 fully saturated rings. The number of hydrogen-bond acceptors (Lipinski definition) is 3. The van der Waals surface area contributed by atoms with Crippen LogP contribution in [-0.2, 0) is 0 Å². The minimum Gasteiger partial charge on any atom is -0.461 e. The fourth-order valence-corrected chi connectivity index (χ4v) is 0.937. The normalized spacial score (nSPS) is 11.1. The summed E-state index contributed by atoms with van der Waals surface area (Å²) in [7, 11) is 0. The number of ether oxygens (including phenoxy) is 1. The molecule has 1 rings (SSSR count). The Labute approximate surface area is 83.3 Å². The van der Waals surface area contributed by atoms with Gasteiger partial charge in [0.1, 0.15) is 6.07 Å². The van der Waals surface area contributed by atoms with Gasteiger partial charge >= 0.3 is 0 Å². The molecule has 0 aliphatic heterocycles. The molecule has 1 aromatic rings. The third kappa shape index (κ3) is 2.24. The van der Waals surface area contributed by atoms with Crippen LogP contribution in [0, 0.1) is 30.6 Å². The van der Waals surface area contributed by atoms with Crippen LogP contribution in [0.5, 0.6) is 5.88 Å². The van der Waals surface area contributed by atoms with Gasteiger partial charge in [0.05, 0.1) is 11.3 Å². The van der Waals surface area contributed by atoms with Gasteiger partial charge in [0, 0.05) is 6.07 Å². The van der Waals surface area contributed by atoms with E-state index in [1.807, 2.05) is 6.07 Å². The molecule has 70 valence electrons. The molecule has 0 aliphatic carbocycles. The molecule has 1 aromatic heterocycles. The molecule has 0 saturated carbocycles. The molecule has 0 aromatic carbocycles. The second-order valence-corrected chi connectivity index (χ2v) is 2.82. The third-order valence-corrected chi connectivity index (χ3v) is 1.71. The number of terminal acetylenes is 1. The van der Waals surface area contributed by atoms with Crippen LogP contribution < -0.4 is 4.74 Å². The molecule has 0 aliphatic rings. The van der Waals surface area contributed by atoms with Crippen molar-refractivity contribution < 1.29 is 4.74 Å². The average Bonchev–Trinajstić information content (AvgIpc) is 2.18. The topological polar surface area (TPSA) is 45.9 Å². The van der Waals surface area contributed by atoms with Crippen molar-refractivity contribution in [2.75, 3.05) is 0 Å². The monoisotopic (exact) mass is 186 g/mol. The number of hydrogen-bond donors (Lipinski definition) is 0. The lowest BCUT2D eigenvalue weighted by molar-refractivity contribution is 0.267. The Bertz CT molecular complexity index is 412. The Hall–Kier alpha value is -2.00. The molecule has 0 amide bonds. The summed E-state index contributed by atoms with van der Waals surface area (Å²) in [5.74, 6) is 2.89. The quantitative estimate of drug-likeness (QED) is 0.660. The van der Waals surface area contributed by atoms with Crippen molar-refractivity contribution in [3.8, 4) is 24.3 Å². The van der Waals surface area contributed by atoms with Gasteiger partial charge in [-0.25, -0.2) is 4.98 Å². The lowest BCUT2D eigenvalue weighted by atomic mass is 10.2. The predicted molar refractivity (Wildman–Crippen MR) is 52.6 cm³/mol. The molecule has 3 nitrogen and oxygen atoms in total. The van der Waals surface area contributed by atoms with Gasteiger partial charge in [-0.15, -0.1) is 6.42 Å². The highest BCUT2D eigenvalue weighted by atomic mass is 16.5. The molecule has 0 bridgehead atoms. The van der Waals surface area contributed by atoms with E-state index in [1.165, 1.54) is 0 Å². The summed E-state index contributed by atoms with van der Waals surface area (Å²) < 4.78 is 5.29. The minimum atomic E-state index is -0.310. The molecule has 1 heterocycles. The second kappa shape index (κ2) is 4.30. The highest BCUT2D eigenvalue weighted by Crippen LogP contribution is 2.12. The van der Waals surface area contributed by atoms with Gasteiger partial charge in [-0.1, -0.05) is 5.92 Å². The van der Waals surface area contributed by atoms with Crippen molar-refractivity contribution in [3.05, 3.63) is 23.4 Å². The maximum absolute atomic E-state index is 8.67. The van der Waals surface area contributed by atoms with E-state index in [0.717, 1.165) is 0 Å². The SMILES string of the molecule is C#CC(C)Oc1ccc(C#N)c(C)n1. The summed E-state index contributed by atoms with van der Waals surface area (Å²) in [6, 6.07) is 5.34. The Kier molecular flexibility index (Phi) is 3.09. The van der Waals surface area contributed by atoms with Gasteiger partial charge in [-0.3, -0.25) is 0 Å². The Morgan fingerprint density at radius 3 is 2.79 bits per heavy atom. The summed E-state index contributed by atoms with van der Waals surface area (Å²) in [5, 5.41) is 8.67. The largest absolute Gasteiger partial charge is 0.461 e. The first kappa shape index (κ1) is 10.1. The molecule has 1 atom stereocenters. The Morgan fingerprint density at radius 1 is 1.57 bits per heavy atom. The number of nitriles is 1.